The molecule has 2 aliphatic carbocycles. The van der Waals surface area contributed by atoms with Crippen molar-refractivity contribution in [2.45, 2.75) is 6.92 Å². The van der Waals surface area contributed by atoms with Crippen LogP contribution in [0.2, 0.25) is 0 Å². The topological polar surface area (TPSA) is 12.9 Å². The summed E-state index contributed by atoms with van der Waals surface area (Å²) in [6, 6.07) is 14.7. The van der Waals surface area contributed by atoms with E-state index in [1.165, 1.54) is 17.0 Å². The Bertz CT molecular complexity index is 591. The van der Waals surface area contributed by atoms with Gasteiger partial charge in [0, 0.05) is 34.4 Å². The third kappa shape index (κ3) is 5.46. The average molecular weight is 353 g/mol. The van der Waals surface area contributed by atoms with Crippen LogP contribution in [0.3, 0.4) is 0 Å². The van der Waals surface area contributed by atoms with Gasteiger partial charge in [0.25, 0.3) is 0 Å². The van der Waals surface area contributed by atoms with Crippen molar-refractivity contribution in [3.63, 3.8) is 0 Å². The van der Waals surface area contributed by atoms with Crippen LogP contribution in [0.15, 0.2) is 42.5 Å². The summed E-state index contributed by atoms with van der Waals surface area (Å²) in [7, 11) is 0. The first-order valence-corrected chi connectivity index (χ1v) is 7.76. The fraction of sp³-hybridized carbons (Fsp3) is 0.0455. The Morgan fingerprint density at radius 2 is 1.25 bits per heavy atom. The normalized spacial score (nSPS) is 17.0. The van der Waals surface area contributed by atoms with Crippen LogP contribution in [0.1, 0.15) is 11.4 Å². The maximum atomic E-state index is 4.60. The van der Waals surface area contributed by atoms with Gasteiger partial charge >= 0.3 is 0 Å². The molecule has 0 amide bonds. The van der Waals surface area contributed by atoms with E-state index in [-0.39, 0.29) is 17.1 Å². The molecule has 2 heteroatoms. The molecule has 0 aliphatic heterocycles. The van der Waals surface area contributed by atoms with Crippen molar-refractivity contribution in [1.82, 2.24) is 4.98 Å². The molecule has 0 N–H and O–H groups in total. The number of rotatable bonds is 2. The molecule has 1 nitrogen and oxygen atoms in total. The Morgan fingerprint density at radius 3 is 1.83 bits per heavy atom. The number of hydrogen-bond acceptors (Lipinski definition) is 1. The van der Waals surface area contributed by atoms with Crippen molar-refractivity contribution < 1.29 is 17.1 Å². The Balaban J connectivity index is 0.000000300. The van der Waals surface area contributed by atoms with Crippen molar-refractivity contribution in [2.24, 2.45) is 0 Å². The standard InChI is InChI=1S/C17H14N.C5H5.Fe/c1-13-11-16(14-7-3-2-4-8-14)12-17(18-13)15-9-5-6-10-15;1-2-4-5-3-1;/h2-12H,1H3;1-5H;. The van der Waals surface area contributed by atoms with Gasteiger partial charge in [-0.25, -0.2) is 0 Å². The van der Waals surface area contributed by atoms with Gasteiger partial charge in [-0.05, 0) is 88.0 Å². The quantitative estimate of drug-likeness (QED) is 0.705. The van der Waals surface area contributed by atoms with E-state index in [2.05, 4.69) is 54.2 Å². The van der Waals surface area contributed by atoms with Crippen molar-refractivity contribution in [2.75, 3.05) is 0 Å². The van der Waals surface area contributed by atoms with Crippen LogP contribution in [-0.2, 0) is 17.1 Å². The van der Waals surface area contributed by atoms with Crippen LogP contribution in [0.4, 0.5) is 0 Å². The summed E-state index contributed by atoms with van der Waals surface area (Å²) in [5.74, 6) is 1.18. The van der Waals surface area contributed by atoms with Gasteiger partial charge in [-0.1, -0.05) is 30.3 Å². The van der Waals surface area contributed by atoms with Crippen LogP contribution in [-0.4, -0.2) is 4.98 Å². The molecule has 0 bridgehead atoms. The van der Waals surface area contributed by atoms with E-state index in [0.717, 1.165) is 11.4 Å². The maximum Gasteiger partial charge on any atom is 0.0490 e. The fourth-order valence-electron chi connectivity index (χ4n) is 2.48. The molecule has 24 heavy (non-hydrogen) atoms. The molecular formula is C22H19FeN. The van der Waals surface area contributed by atoms with Crippen LogP contribution < -0.4 is 0 Å². The molecule has 2 saturated carbocycles. The van der Waals surface area contributed by atoms with E-state index in [1.54, 1.807) is 0 Å². The summed E-state index contributed by atoms with van der Waals surface area (Å²) in [4.78, 5) is 4.60. The van der Waals surface area contributed by atoms with Crippen molar-refractivity contribution in [3.8, 4) is 11.1 Å². The monoisotopic (exact) mass is 353 g/mol. The number of pyridine rings is 1. The summed E-state index contributed by atoms with van der Waals surface area (Å²) in [5, 5.41) is 0. The zero-order valence-electron chi connectivity index (χ0n) is 13.5. The minimum absolute atomic E-state index is 0. The number of nitrogens with zero attached hydrogens (tertiary/aromatic N) is 1. The second kappa shape index (κ2) is 10.0. The molecule has 10 radical (unpaired) electrons. The average Bonchev–Trinajstić information content (AvgIpc) is 3.31. The number of aromatic nitrogens is 1. The van der Waals surface area contributed by atoms with Crippen molar-refractivity contribution >= 4 is 0 Å². The molecular weight excluding hydrogens is 334 g/mol. The van der Waals surface area contributed by atoms with Crippen molar-refractivity contribution in [1.29, 1.82) is 0 Å². The van der Waals surface area contributed by atoms with Crippen molar-refractivity contribution in [3.05, 3.63) is 118 Å². The summed E-state index contributed by atoms with van der Waals surface area (Å²) in [6.45, 7) is 2.04. The predicted octanol–water partition coefficient (Wildman–Crippen LogP) is 4.83. The van der Waals surface area contributed by atoms with E-state index in [1.807, 2.05) is 57.9 Å². The van der Waals surface area contributed by atoms with Crippen LogP contribution in [0, 0.1) is 70.6 Å². The summed E-state index contributed by atoms with van der Waals surface area (Å²) >= 11 is 0. The molecule has 0 atom stereocenters. The molecule has 2 fully saturated rings. The first kappa shape index (κ1) is 19.2. The van der Waals surface area contributed by atoms with Gasteiger partial charge < -0.3 is 0 Å². The molecule has 4 rings (SSSR count). The van der Waals surface area contributed by atoms with Gasteiger partial charge in [-0.15, -0.1) is 0 Å². The van der Waals surface area contributed by atoms with Gasteiger partial charge in [0.15, 0.2) is 0 Å². The maximum absolute atomic E-state index is 4.60. The fourth-order valence-corrected chi connectivity index (χ4v) is 2.48. The molecule has 2 aromatic rings. The van der Waals surface area contributed by atoms with Gasteiger partial charge in [0.1, 0.15) is 0 Å². The van der Waals surface area contributed by atoms with E-state index >= 15 is 0 Å². The van der Waals surface area contributed by atoms with Crippen LogP contribution >= 0.6 is 0 Å². The largest absolute Gasteiger partial charge is 0.257 e. The minimum atomic E-state index is 0. The first-order valence-electron chi connectivity index (χ1n) is 7.76. The minimum Gasteiger partial charge on any atom is -0.257 e. The zero-order chi connectivity index (χ0) is 15.9. The smallest absolute Gasteiger partial charge is 0.0490 e. The SMILES string of the molecule is Cc1cc(-c2ccccc2)cc([C]2[CH][CH][CH][CH]2)n1.[CH]1[CH][CH][CH][CH]1.[Fe]. The Morgan fingerprint density at radius 1 is 0.667 bits per heavy atom. The zero-order valence-corrected chi connectivity index (χ0v) is 14.6. The summed E-state index contributed by atoms with van der Waals surface area (Å²) in [5.41, 5.74) is 4.54. The molecule has 0 saturated heterocycles. The number of benzene rings is 1. The van der Waals surface area contributed by atoms with E-state index in [4.69, 9.17) is 0 Å². The number of aryl methyl sites for hydroxylation is 1. The Labute approximate surface area is 157 Å². The predicted molar refractivity (Wildman–Crippen MR) is 95.5 cm³/mol. The van der Waals surface area contributed by atoms with Gasteiger partial charge in [0.05, 0.1) is 0 Å². The second-order valence-corrected chi connectivity index (χ2v) is 5.38. The molecule has 120 valence electrons. The number of hydrogen-bond donors (Lipinski definition) is 0. The van der Waals surface area contributed by atoms with Gasteiger partial charge in [-0.2, -0.15) is 0 Å². The van der Waals surface area contributed by atoms with Crippen LogP contribution in [0.25, 0.3) is 11.1 Å². The second-order valence-electron chi connectivity index (χ2n) is 5.38. The van der Waals surface area contributed by atoms with Gasteiger partial charge in [0.2, 0.25) is 0 Å². The Kier molecular flexibility index (Phi) is 8.02. The van der Waals surface area contributed by atoms with Gasteiger partial charge in [-0.3, -0.25) is 4.98 Å². The molecule has 2 aliphatic rings. The molecule has 1 aromatic carbocycles. The van der Waals surface area contributed by atoms with E-state index < -0.39 is 0 Å². The first-order chi connectivity index (χ1) is 11.3. The summed E-state index contributed by atoms with van der Waals surface area (Å²) < 4.78 is 0. The molecule has 0 unspecified atom stereocenters. The van der Waals surface area contributed by atoms with Crippen LogP contribution in [0.5, 0.6) is 0 Å². The Hall–Kier alpha value is -1.11. The third-order valence-electron chi connectivity index (χ3n) is 3.57. The molecule has 0 spiro atoms. The van der Waals surface area contributed by atoms with E-state index in [9.17, 15) is 0 Å². The summed E-state index contributed by atoms with van der Waals surface area (Å²) in [6.07, 6.45) is 18.3. The molecule has 1 aromatic heterocycles. The third-order valence-corrected chi connectivity index (χ3v) is 3.57. The van der Waals surface area contributed by atoms with E-state index in [0.29, 0.717) is 0 Å². The molecule has 1 heterocycles.